The molecule has 0 radical (unpaired) electrons. The average Bonchev–Trinajstić information content (AvgIpc) is 2.36. The van der Waals surface area contributed by atoms with E-state index in [0.717, 1.165) is 0 Å². The monoisotopic (exact) mass is 309 g/mol. The maximum absolute atomic E-state index is 11.2. The number of hydrogen-bond acceptors (Lipinski definition) is 10. The minimum Gasteiger partial charge on any atom is -0.369 e. The van der Waals surface area contributed by atoms with E-state index in [1.807, 2.05) is 0 Å². The number of hydrogen-bond donors (Lipinski definition) is 2. The van der Waals surface area contributed by atoms with Gasteiger partial charge in [0.25, 0.3) is 21.6 Å². The molecule has 2 N–H and O–H groups in total. The second kappa shape index (κ2) is 5.85. The Hall–Kier alpha value is -2.87. The Bertz CT molecular complexity index is 661. The molecule has 0 bridgehead atoms. The van der Waals surface area contributed by atoms with Gasteiger partial charge in [-0.15, -0.1) is 4.94 Å². The van der Waals surface area contributed by atoms with Crippen LogP contribution in [0.5, 0.6) is 5.75 Å². The van der Waals surface area contributed by atoms with Crippen LogP contribution >= 0.6 is 0 Å². The van der Waals surface area contributed by atoms with Crippen molar-refractivity contribution in [2.24, 2.45) is 5.90 Å². The van der Waals surface area contributed by atoms with Crippen LogP contribution in [0.4, 0.5) is 17.1 Å². The molecule has 0 saturated carbocycles. The highest BCUT2D eigenvalue weighted by atomic mass is 32.2. The Balaban J connectivity index is 3.70. The quantitative estimate of drug-likeness (QED) is 0.398. The van der Waals surface area contributed by atoms with E-state index in [1.54, 1.807) is 0 Å². The highest BCUT2D eigenvalue weighted by Crippen LogP contribution is 2.40. The minimum absolute atomic E-state index is 0.419. The van der Waals surface area contributed by atoms with Crippen LogP contribution in [0, 0.1) is 25.1 Å². The lowest BCUT2D eigenvalue weighted by Crippen LogP contribution is -2.11. The molecule has 0 heterocycles. The molecule has 0 aromatic heterocycles. The van der Waals surface area contributed by atoms with Gasteiger partial charge in [0.2, 0.25) is 0 Å². The zero-order valence-corrected chi connectivity index (χ0v) is 10.1. The summed E-state index contributed by atoms with van der Waals surface area (Å²) in [6.07, 6.45) is 0. The molecule has 14 heteroatoms. The molecule has 0 unspecified atom stereocenters. The van der Waals surface area contributed by atoms with E-state index in [-0.39, 0.29) is 0 Å². The molecule has 0 fully saturated rings. The summed E-state index contributed by atoms with van der Waals surface area (Å²) >= 11 is 0. The van der Waals surface area contributed by atoms with Gasteiger partial charge >= 0.3 is 17.1 Å². The molecule has 108 valence electrons. The lowest BCUT2D eigenvalue weighted by Gasteiger charge is -2.00. The summed E-state index contributed by atoms with van der Waals surface area (Å²) < 4.78 is 25.1. The van der Waals surface area contributed by atoms with Crippen molar-refractivity contribution in [2.45, 2.75) is 0 Å². The van der Waals surface area contributed by atoms with Crippen LogP contribution in [0.3, 0.4) is 0 Å². The van der Waals surface area contributed by atoms with Gasteiger partial charge in [-0.05, 0) is 0 Å². The molecule has 0 amide bonds. The Kier molecular flexibility index (Phi) is 4.44. The topological polar surface area (TPSA) is 185 Å². The van der Waals surface area contributed by atoms with Crippen LogP contribution in [0.2, 0.25) is 0 Å². The fourth-order valence-corrected chi connectivity index (χ4v) is 1.52. The van der Waals surface area contributed by atoms with E-state index in [2.05, 4.69) is 15.0 Å². The van der Waals surface area contributed by atoms with Gasteiger partial charge < -0.3 is 4.18 Å². The first-order valence-corrected chi connectivity index (χ1v) is 5.50. The molecular weight excluding hydrogens is 304 g/mol. The van der Waals surface area contributed by atoms with Gasteiger partial charge in [0.1, 0.15) is 6.07 Å². The van der Waals surface area contributed by atoms with Crippen molar-refractivity contribution in [1.29, 1.82) is 0 Å². The molecule has 1 rings (SSSR count). The first-order chi connectivity index (χ1) is 9.27. The number of thiol groups is 1. The zero-order chi connectivity index (χ0) is 15.4. The van der Waals surface area contributed by atoms with E-state index in [9.17, 15) is 33.6 Å². The van der Waals surface area contributed by atoms with E-state index in [0.29, 0.717) is 12.1 Å². The van der Waals surface area contributed by atoms with Crippen molar-refractivity contribution >= 4 is 28.0 Å². The maximum Gasteiger partial charge on any atom is 0.376 e. The van der Waals surface area contributed by atoms with Crippen molar-refractivity contribution in [3.8, 4) is 5.75 Å². The first kappa shape index (κ1) is 15.2. The molecule has 20 heavy (non-hydrogen) atoms. The Labute approximate surface area is 110 Å². The number of nitrogens with zero attached hydrogens (tertiary/aromatic N) is 3. The van der Waals surface area contributed by atoms with Gasteiger partial charge in [0, 0.05) is 0 Å². The fraction of sp³-hybridized carbons (Fsp3) is 0. The first-order valence-electron chi connectivity index (χ1n) is 4.41. The molecule has 0 saturated heterocycles. The van der Waals surface area contributed by atoms with Crippen LogP contribution in [-0.4, -0.2) is 23.2 Å². The van der Waals surface area contributed by atoms with Gasteiger partial charge in [-0.1, -0.05) is 5.90 Å². The SMILES string of the molecule is NO[N+](=O)c1cc([N+](=O)[O-])cc([N+](=O)[O-])c1O[SH](=O)=O. The van der Waals surface area contributed by atoms with Crippen LogP contribution in [-0.2, 0) is 15.9 Å². The highest BCUT2D eigenvalue weighted by Gasteiger charge is 2.36. The summed E-state index contributed by atoms with van der Waals surface area (Å²) in [7, 11) is -3.62. The van der Waals surface area contributed by atoms with Crippen LogP contribution < -0.4 is 10.1 Å². The molecule has 0 aliphatic rings. The fourth-order valence-electron chi connectivity index (χ4n) is 1.19. The van der Waals surface area contributed by atoms with Crippen molar-refractivity contribution in [3.05, 3.63) is 37.3 Å². The lowest BCUT2D eigenvalue weighted by molar-refractivity contribution is -0.749. The van der Waals surface area contributed by atoms with E-state index >= 15 is 0 Å². The molecule has 13 nitrogen and oxygen atoms in total. The number of nitrogens with two attached hydrogens (primary N) is 1. The predicted octanol–water partition coefficient (Wildman–Crippen LogP) is -0.376. The lowest BCUT2D eigenvalue weighted by atomic mass is 10.2. The Morgan fingerprint density at radius 1 is 1.05 bits per heavy atom. The average molecular weight is 309 g/mol. The van der Waals surface area contributed by atoms with E-state index in [4.69, 9.17) is 0 Å². The summed E-state index contributed by atoms with van der Waals surface area (Å²) in [4.78, 5) is 33.5. The van der Waals surface area contributed by atoms with Gasteiger partial charge in [-0.25, -0.2) is 0 Å². The Morgan fingerprint density at radius 2 is 1.60 bits per heavy atom. The summed E-state index contributed by atoms with van der Waals surface area (Å²) in [6, 6.07) is 0.920. The molecule has 0 aliphatic carbocycles. The third kappa shape index (κ3) is 3.12. The smallest absolute Gasteiger partial charge is 0.369 e. The molecule has 0 aliphatic heterocycles. The number of benzene rings is 1. The van der Waals surface area contributed by atoms with Crippen LogP contribution in [0.15, 0.2) is 12.1 Å². The van der Waals surface area contributed by atoms with Gasteiger partial charge in [0.15, 0.2) is 0 Å². The standard InChI is InChI=1S/C6H5N4O9S/c7-19-10(15)5-2-3(8(11)12)1-4(9(13)14)6(5)18-20(16)17/h1-2,20H,7H2/q+1. The second-order valence-electron chi connectivity index (χ2n) is 3.00. The minimum atomic E-state index is -3.62. The number of rotatable bonds is 6. The number of nitro benzene ring substituents is 2. The second-order valence-corrected chi connectivity index (χ2v) is 3.63. The summed E-state index contributed by atoms with van der Waals surface area (Å²) in [6.45, 7) is 0. The van der Waals surface area contributed by atoms with Gasteiger partial charge in [0.05, 0.1) is 20.8 Å². The van der Waals surface area contributed by atoms with Gasteiger partial charge in [-0.3, -0.25) is 20.2 Å². The number of nitro groups is 2. The van der Waals surface area contributed by atoms with E-state index < -0.39 is 48.6 Å². The summed E-state index contributed by atoms with van der Waals surface area (Å²) in [5.74, 6) is 3.47. The van der Waals surface area contributed by atoms with Crippen molar-refractivity contribution in [2.75, 3.05) is 0 Å². The largest absolute Gasteiger partial charge is 0.376 e. The normalized spacial score (nSPS) is 10.1. The summed E-state index contributed by atoms with van der Waals surface area (Å²) in [5.41, 5.74) is -2.93. The third-order valence-corrected chi connectivity index (χ3v) is 2.23. The van der Waals surface area contributed by atoms with E-state index in [1.165, 1.54) is 0 Å². The summed E-state index contributed by atoms with van der Waals surface area (Å²) in [5, 5.41) is 21.4. The van der Waals surface area contributed by atoms with Crippen LogP contribution in [0.25, 0.3) is 0 Å². The van der Waals surface area contributed by atoms with Crippen molar-refractivity contribution in [3.63, 3.8) is 0 Å². The maximum atomic E-state index is 11.2. The van der Waals surface area contributed by atoms with Crippen molar-refractivity contribution < 1.29 is 32.3 Å². The predicted molar refractivity (Wildman–Crippen MR) is 59.3 cm³/mol. The van der Waals surface area contributed by atoms with Gasteiger partial charge in [-0.2, -0.15) is 8.42 Å². The highest BCUT2D eigenvalue weighted by molar-refractivity contribution is 7.67. The molecular formula is C6H5N4O9S+. The van der Waals surface area contributed by atoms with Crippen LogP contribution in [0.1, 0.15) is 0 Å². The zero-order valence-electron chi connectivity index (χ0n) is 9.20. The molecule has 1 aromatic carbocycles. The Morgan fingerprint density at radius 3 is 2.00 bits per heavy atom. The molecule has 0 spiro atoms. The van der Waals surface area contributed by atoms with Crippen molar-refractivity contribution in [1.82, 2.24) is 0 Å². The third-order valence-electron chi connectivity index (χ3n) is 1.90. The number of non-ortho nitro benzene ring substituents is 1. The molecule has 0 atom stereocenters. The molecule has 1 aromatic rings.